The molecule has 2 nitrogen and oxygen atoms in total. The molecule has 1 fully saturated rings. The molecule has 0 aromatic carbocycles. The molecule has 16 heavy (non-hydrogen) atoms. The average Bonchev–Trinajstić information content (AvgIpc) is 2.38. The second-order valence-electron chi connectivity index (χ2n) is 5.29. The van der Waals surface area contributed by atoms with Gasteiger partial charge in [0.05, 0.1) is 12.6 Å². The van der Waals surface area contributed by atoms with Gasteiger partial charge in [0.2, 0.25) is 0 Å². The van der Waals surface area contributed by atoms with Gasteiger partial charge in [-0.05, 0) is 37.7 Å². The van der Waals surface area contributed by atoms with Gasteiger partial charge in [0, 0.05) is 0 Å². The fourth-order valence-corrected chi connectivity index (χ4v) is 2.87. The van der Waals surface area contributed by atoms with Gasteiger partial charge in [0.25, 0.3) is 0 Å². The molecule has 1 heterocycles. The molecule has 0 aromatic rings. The van der Waals surface area contributed by atoms with Crippen LogP contribution in [0.3, 0.4) is 0 Å². The van der Waals surface area contributed by atoms with Gasteiger partial charge in [-0.2, -0.15) is 0 Å². The Morgan fingerprint density at radius 1 is 1.25 bits per heavy atom. The third-order valence-corrected chi connectivity index (χ3v) is 3.94. The van der Waals surface area contributed by atoms with Crippen molar-refractivity contribution in [3.63, 3.8) is 0 Å². The number of ether oxygens (including phenoxy) is 1. The highest BCUT2D eigenvalue weighted by molar-refractivity contribution is 5.04. The second kappa shape index (κ2) is 6.29. The summed E-state index contributed by atoms with van der Waals surface area (Å²) in [7, 11) is 0. The number of nitrogens with two attached hydrogens (primary N) is 1. The van der Waals surface area contributed by atoms with Crippen molar-refractivity contribution < 1.29 is 4.74 Å². The van der Waals surface area contributed by atoms with E-state index in [0.29, 0.717) is 0 Å². The lowest BCUT2D eigenvalue weighted by Gasteiger charge is -2.25. The summed E-state index contributed by atoms with van der Waals surface area (Å²) in [5.74, 6) is 1.99. The van der Waals surface area contributed by atoms with Gasteiger partial charge in [-0.3, -0.25) is 0 Å². The van der Waals surface area contributed by atoms with E-state index in [1.54, 1.807) is 0 Å². The van der Waals surface area contributed by atoms with Crippen LogP contribution in [0.2, 0.25) is 0 Å². The first kappa shape index (κ1) is 12.0. The molecule has 1 atom stereocenters. The normalized spacial score (nSPS) is 24.7. The van der Waals surface area contributed by atoms with E-state index in [9.17, 15) is 0 Å². The molecule has 2 aliphatic rings. The molecule has 0 spiro atoms. The quantitative estimate of drug-likeness (QED) is 0.793. The summed E-state index contributed by atoms with van der Waals surface area (Å²) in [5, 5.41) is 0. The number of rotatable bonds is 4. The van der Waals surface area contributed by atoms with Crippen molar-refractivity contribution in [3.8, 4) is 0 Å². The van der Waals surface area contributed by atoms with Gasteiger partial charge in [0.15, 0.2) is 0 Å². The molecular formula is C14H25NO. The predicted octanol–water partition coefficient (Wildman–Crippen LogP) is 3.37. The average molecular weight is 223 g/mol. The first-order valence-electron chi connectivity index (χ1n) is 6.94. The van der Waals surface area contributed by atoms with Gasteiger partial charge in [-0.25, -0.2) is 0 Å². The highest BCUT2D eigenvalue weighted by atomic mass is 16.5. The lowest BCUT2D eigenvalue weighted by molar-refractivity contribution is 0.170. The maximum atomic E-state index is 6.17. The molecule has 0 radical (unpaired) electrons. The summed E-state index contributed by atoms with van der Waals surface area (Å²) in [5.41, 5.74) is 6.17. The minimum atomic E-state index is 0.155. The molecule has 2 heteroatoms. The summed E-state index contributed by atoms with van der Waals surface area (Å²) in [4.78, 5) is 0. The Hall–Kier alpha value is -0.500. The van der Waals surface area contributed by atoms with Gasteiger partial charge in [-0.15, -0.1) is 0 Å². The lowest BCUT2D eigenvalue weighted by Crippen LogP contribution is -2.27. The van der Waals surface area contributed by atoms with E-state index in [-0.39, 0.29) is 6.04 Å². The summed E-state index contributed by atoms with van der Waals surface area (Å²) < 4.78 is 5.62. The zero-order valence-electron chi connectivity index (χ0n) is 10.3. The van der Waals surface area contributed by atoms with E-state index in [0.717, 1.165) is 37.5 Å². The topological polar surface area (TPSA) is 35.2 Å². The second-order valence-corrected chi connectivity index (χ2v) is 5.29. The smallest absolute Gasteiger partial charge is 0.109 e. The predicted molar refractivity (Wildman–Crippen MR) is 67.1 cm³/mol. The van der Waals surface area contributed by atoms with E-state index < -0.39 is 0 Å². The van der Waals surface area contributed by atoms with Crippen LogP contribution in [-0.2, 0) is 4.74 Å². The summed E-state index contributed by atoms with van der Waals surface area (Å²) in [6.07, 6.45) is 14.0. The summed E-state index contributed by atoms with van der Waals surface area (Å²) >= 11 is 0. The fourth-order valence-electron chi connectivity index (χ4n) is 2.87. The lowest BCUT2D eigenvalue weighted by atomic mass is 9.85. The minimum Gasteiger partial charge on any atom is -0.497 e. The van der Waals surface area contributed by atoms with Gasteiger partial charge in [0.1, 0.15) is 5.76 Å². The fraction of sp³-hybridized carbons (Fsp3) is 0.857. The van der Waals surface area contributed by atoms with E-state index in [1.807, 2.05) is 0 Å². The van der Waals surface area contributed by atoms with Gasteiger partial charge in [-0.1, -0.05) is 32.1 Å². The number of allylic oxidation sites excluding steroid dienone is 1. The van der Waals surface area contributed by atoms with Crippen LogP contribution in [-0.4, -0.2) is 12.6 Å². The van der Waals surface area contributed by atoms with Crippen molar-refractivity contribution in [2.75, 3.05) is 6.61 Å². The van der Waals surface area contributed by atoms with Crippen molar-refractivity contribution in [2.24, 2.45) is 11.7 Å². The first-order chi connectivity index (χ1) is 7.86. The van der Waals surface area contributed by atoms with Crippen LogP contribution in [0.25, 0.3) is 0 Å². The molecule has 0 amide bonds. The first-order valence-corrected chi connectivity index (χ1v) is 6.94. The standard InChI is InChI=1S/C14H25NO/c15-13(14-8-4-5-11-16-14)10-9-12-6-2-1-3-7-12/h8,12-13H,1-7,9-11,15H2. The number of hydrogen-bond acceptors (Lipinski definition) is 2. The van der Waals surface area contributed by atoms with E-state index in [1.165, 1.54) is 38.5 Å². The van der Waals surface area contributed by atoms with Crippen LogP contribution < -0.4 is 5.73 Å². The Morgan fingerprint density at radius 3 is 2.75 bits per heavy atom. The summed E-state index contributed by atoms with van der Waals surface area (Å²) in [6.45, 7) is 0.864. The molecule has 1 aliphatic heterocycles. The highest BCUT2D eigenvalue weighted by Gasteiger charge is 2.18. The highest BCUT2D eigenvalue weighted by Crippen LogP contribution is 2.28. The van der Waals surface area contributed by atoms with Crippen LogP contribution in [0.15, 0.2) is 11.8 Å². The van der Waals surface area contributed by atoms with Gasteiger partial charge >= 0.3 is 0 Å². The monoisotopic (exact) mass is 223 g/mol. The maximum Gasteiger partial charge on any atom is 0.109 e. The maximum absolute atomic E-state index is 6.17. The molecule has 1 unspecified atom stereocenters. The van der Waals surface area contributed by atoms with Gasteiger partial charge < -0.3 is 10.5 Å². The third-order valence-electron chi connectivity index (χ3n) is 3.94. The van der Waals surface area contributed by atoms with Crippen LogP contribution in [0, 0.1) is 5.92 Å². The van der Waals surface area contributed by atoms with Crippen LogP contribution >= 0.6 is 0 Å². The molecule has 0 aromatic heterocycles. The zero-order chi connectivity index (χ0) is 11.2. The molecule has 2 N–H and O–H groups in total. The zero-order valence-corrected chi connectivity index (χ0v) is 10.3. The Morgan fingerprint density at radius 2 is 2.06 bits per heavy atom. The summed E-state index contributed by atoms with van der Waals surface area (Å²) in [6, 6.07) is 0.155. The molecule has 0 saturated heterocycles. The number of hydrogen-bond donors (Lipinski definition) is 1. The van der Waals surface area contributed by atoms with Crippen molar-refractivity contribution in [2.45, 2.75) is 63.8 Å². The Kier molecular flexibility index (Phi) is 4.70. The molecule has 2 rings (SSSR count). The molecule has 92 valence electrons. The van der Waals surface area contributed by atoms with Crippen molar-refractivity contribution in [1.82, 2.24) is 0 Å². The van der Waals surface area contributed by atoms with Crippen LogP contribution in [0.4, 0.5) is 0 Å². The van der Waals surface area contributed by atoms with E-state index in [2.05, 4.69) is 6.08 Å². The van der Waals surface area contributed by atoms with Crippen LogP contribution in [0.1, 0.15) is 57.8 Å². The molecule has 1 saturated carbocycles. The largest absolute Gasteiger partial charge is 0.497 e. The molecular weight excluding hydrogens is 198 g/mol. The Bertz CT molecular complexity index is 231. The molecule has 1 aliphatic carbocycles. The van der Waals surface area contributed by atoms with Crippen molar-refractivity contribution in [1.29, 1.82) is 0 Å². The molecule has 0 bridgehead atoms. The van der Waals surface area contributed by atoms with E-state index in [4.69, 9.17) is 10.5 Å². The van der Waals surface area contributed by atoms with Crippen molar-refractivity contribution in [3.05, 3.63) is 11.8 Å². The SMILES string of the molecule is NC(CCC1CCCCC1)C1=CCCCO1. The Labute approximate surface area is 99.2 Å². The minimum absolute atomic E-state index is 0.155. The third kappa shape index (κ3) is 3.51. The Balaban J connectivity index is 1.69. The van der Waals surface area contributed by atoms with E-state index >= 15 is 0 Å². The van der Waals surface area contributed by atoms with Crippen LogP contribution in [0.5, 0.6) is 0 Å². The van der Waals surface area contributed by atoms with Crippen molar-refractivity contribution >= 4 is 0 Å².